The molecule has 152 valence electrons. The first-order chi connectivity index (χ1) is 14.7. The lowest BCUT2D eigenvalue weighted by Crippen LogP contribution is -2.32. The van der Waals surface area contributed by atoms with Crippen molar-refractivity contribution in [1.82, 2.24) is 15.0 Å². The van der Waals surface area contributed by atoms with Crippen molar-refractivity contribution in [3.63, 3.8) is 0 Å². The van der Waals surface area contributed by atoms with Gasteiger partial charge in [0.2, 0.25) is 5.91 Å². The number of hydrogen-bond donors (Lipinski definition) is 1. The first-order valence-corrected chi connectivity index (χ1v) is 10.6. The van der Waals surface area contributed by atoms with Crippen LogP contribution >= 0.6 is 11.3 Å². The van der Waals surface area contributed by atoms with Crippen molar-refractivity contribution < 1.29 is 9.32 Å². The van der Waals surface area contributed by atoms with Crippen LogP contribution in [0.4, 0.5) is 0 Å². The van der Waals surface area contributed by atoms with Crippen LogP contribution in [0, 0.1) is 0 Å². The Bertz CT molecular complexity index is 1100. The Labute approximate surface area is 177 Å². The molecule has 0 unspecified atom stereocenters. The molecule has 2 heterocycles. The summed E-state index contributed by atoms with van der Waals surface area (Å²) in [7, 11) is 0. The topological polar surface area (TPSA) is 77.1 Å². The fraction of sp³-hybridized carbons (Fsp3) is 0.174. The average Bonchev–Trinajstić information content (AvgIpc) is 3.43. The lowest BCUT2D eigenvalue weighted by Gasteiger charge is -2.18. The van der Waals surface area contributed by atoms with E-state index in [0.717, 1.165) is 11.3 Å². The van der Waals surface area contributed by atoms with E-state index in [2.05, 4.69) is 34.7 Å². The number of amides is 1. The number of aromatic nitrogens is 2. The van der Waals surface area contributed by atoms with E-state index in [1.165, 1.54) is 27.0 Å². The SMILES string of the molecule is O=C(Cn1c(-c2cccs2)noc1=O)NCCC(c1ccccc1)c1ccccc1. The van der Waals surface area contributed by atoms with Gasteiger partial charge in [0.05, 0.1) is 4.88 Å². The first kappa shape index (κ1) is 19.8. The summed E-state index contributed by atoms with van der Waals surface area (Å²) in [6.07, 6.45) is 0.746. The molecule has 6 nitrogen and oxygen atoms in total. The van der Waals surface area contributed by atoms with Crippen LogP contribution in [0.2, 0.25) is 0 Å². The Morgan fingerprint density at radius 2 is 1.67 bits per heavy atom. The molecule has 0 aliphatic heterocycles. The Morgan fingerprint density at radius 1 is 1.00 bits per heavy atom. The molecule has 7 heteroatoms. The fourth-order valence-corrected chi connectivity index (χ4v) is 4.16. The van der Waals surface area contributed by atoms with Gasteiger partial charge in [-0.2, -0.15) is 0 Å². The fourth-order valence-electron chi connectivity index (χ4n) is 3.44. The van der Waals surface area contributed by atoms with Gasteiger partial charge in [0.1, 0.15) is 6.54 Å². The molecule has 0 saturated heterocycles. The summed E-state index contributed by atoms with van der Waals surface area (Å²) >= 11 is 1.43. The van der Waals surface area contributed by atoms with E-state index in [-0.39, 0.29) is 18.4 Å². The molecule has 1 amide bonds. The van der Waals surface area contributed by atoms with Gasteiger partial charge in [0.25, 0.3) is 0 Å². The van der Waals surface area contributed by atoms with Gasteiger partial charge in [-0.1, -0.05) is 71.9 Å². The number of benzene rings is 2. The molecule has 1 N–H and O–H groups in total. The predicted octanol–water partition coefficient (Wildman–Crippen LogP) is 3.90. The quantitative estimate of drug-likeness (QED) is 0.470. The number of nitrogens with zero attached hydrogens (tertiary/aromatic N) is 2. The van der Waals surface area contributed by atoms with Crippen molar-refractivity contribution in [1.29, 1.82) is 0 Å². The molecule has 0 aliphatic rings. The number of nitrogens with one attached hydrogen (secondary N) is 1. The highest BCUT2D eigenvalue weighted by Crippen LogP contribution is 2.27. The summed E-state index contributed by atoms with van der Waals surface area (Å²) < 4.78 is 6.02. The number of hydrogen-bond acceptors (Lipinski definition) is 5. The van der Waals surface area contributed by atoms with Gasteiger partial charge in [-0.25, -0.2) is 9.36 Å². The highest BCUT2D eigenvalue weighted by atomic mass is 32.1. The normalized spacial score (nSPS) is 11.0. The highest BCUT2D eigenvalue weighted by molar-refractivity contribution is 7.13. The van der Waals surface area contributed by atoms with Gasteiger partial charge >= 0.3 is 5.76 Å². The molecule has 4 rings (SSSR count). The Kier molecular flexibility index (Phi) is 6.20. The second kappa shape index (κ2) is 9.37. The third-order valence-electron chi connectivity index (χ3n) is 4.89. The largest absolute Gasteiger partial charge is 0.442 e. The molecule has 0 bridgehead atoms. The predicted molar refractivity (Wildman–Crippen MR) is 116 cm³/mol. The maximum Gasteiger partial charge on any atom is 0.442 e. The Hall–Kier alpha value is -3.45. The van der Waals surface area contributed by atoms with Crippen LogP contribution in [0.5, 0.6) is 0 Å². The Morgan fingerprint density at radius 3 is 2.27 bits per heavy atom. The van der Waals surface area contributed by atoms with Crippen LogP contribution in [0.3, 0.4) is 0 Å². The summed E-state index contributed by atoms with van der Waals surface area (Å²) in [4.78, 5) is 25.3. The van der Waals surface area contributed by atoms with E-state index in [0.29, 0.717) is 12.4 Å². The van der Waals surface area contributed by atoms with Crippen LogP contribution in [0.1, 0.15) is 23.5 Å². The summed E-state index contributed by atoms with van der Waals surface area (Å²) in [5, 5.41) is 8.61. The zero-order chi connectivity index (χ0) is 20.8. The van der Waals surface area contributed by atoms with Crippen LogP contribution in [-0.4, -0.2) is 22.2 Å². The van der Waals surface area contributed by atoms with Crippen molar-refractivity contribution in [2.75, 3.05) is 6.54 Å². The first-order valence-electron chi connectivity index (χ1n) is 9.69. The second-order valence-corrected chi connectivity index (χ2v) is 7.80. The molecule has 0 radical (unpaired) electrons. The molecule has 0 spiro atoms. The molecule has 2 aromatic carbocycles. The highest BCUT2D eigenvalue weighted by Gasteiger charge is 2.18. The molecular formula is C23H21N3O3S. The number of carbonyl (C=O) groups is 1. The van der Waals surface area contributed by atoms with E-state index >= 15 is 0 Å². The minimum absolute atomic E-state index is 0.128. The van der Waals surface area contributed by atoms with Gasteiger partial charge in [-0.05, 0) is 29.0 Å². The molecule has 0 fully saturated rings. The van der Waals surface area contributed by atoms with Crippen LogP contribution in [0.25, 0.3) is 10.7 Å². The van der Waals surface area contributed by atoms with Gasteiger partial charge < -0.3 is 5.32 Å². The monoisotopic (exact) mass is 419 g/mol. The number of thiophene rings is 1. The van der Waals surface area contributed by atoms with E-state index in [1.54, 1.807) is 0 Å². The minimum Gasteiger partial charge on any atom is -0.355 e. The summed E-state index contributed by atoms with van der Waals surface area (Å²) in [5.74, 6) is -0.345. The van der Waals surface area contributed by atoms with Gasteiger partial charge in [0, 0.05) is 12.5 Å². The van der Waals surface area contributed by atoms with E-state index in [1.807, 2.05) is 53.9 Å². The third kappa shape index (κ3) is 4.58. The molecule has 4 aromatic rings. The average molecular weight is 420 g/mol. The van der Waals surface area contributed by atoms with Crippen molar-refractivity contribution in [3.8, 4) is 10.7 Å². The van der Waals surface area contributed by atoms with Crippen LogP contribution in [0.15, 0.2) is 87.5 Å². The van der Waals surface area contributed by atoms with Gasteiger partial charge in [0.15, 0.2) is 5.82 Å². The molecule has 0 atom stereocenters. The Balaban J connectivity index is 1.41. The maximum absolute atomic E-state index is 12.5. The van der Waals surface area contributed by atoms with E-state index < -0.39 is 5.76 Å². The molecule has 0 aliphatic carbocycles. The van der Waals surface area contributed by atoms with Gasteiger partial charge in [-0.15, -0.1) is 11.3 Å². The maximum atomic E-state index is 12.5. The minimum atomic E-state index is -0.639. The van der Waals surface area contributed by atoms with Crippen molar-refractivity contribution in [2.45, 2.75) is 18.9 Å². The van der Waals surface area contributed by atoms with Crippen molar-refractivity contribution in [3.05, 3.63) is 99.9 Å². The van der Waals surface area contributed by atoms with Crippen molar-refractivity contribution in [2.24, 2.45) is 0 Å². The summed E-state index contributed by atoms with van der Waals surface area (Å²) in [6.45, 7) is 0.360. The molecule has 0 saturated carbocycles. The van der Waals surface area contributed by atoms with E-state index in [4.69, 9.17) is 4.52 Å². The number of rotatable bonds is 8. The zero-order valence-electron chi connectivity index (χ0n) is 16.2. The lowest BCUT2D eigenvalue weighted by molar-refractivity contribution is -0.121. The second-order valence-electron chi connectivity index (χ2n) is 6.85. The van der Waals surface area contributed by atoms with Gasteiger partial charge in [-0.3, -0.25) is 9.32 Å². The van der Waals surface area contributed by atoms with Crippen molar-refractivity contribution >= 4 is 17.2 Å². The molecule has 30 heavy (non-hydrogen) atoms. The smallest absolute Gasteiger partial charge is 0.355 e. The summed E-state index contributed by atoms with van der Waals surface area (Å²) in [6, 6.07) is 24.2. The third-order valence-corrected chi connectivity index (χ3v) is 5.75. The molecular weight excluding hydrogens is 398 g/mol. The van der Waals surface area contributed by atoms with E-state index in [9.17, 15) is 9.59 Å². The standard InChI is InChI=1S/C23H21N3O3S/c27-21(16-26-22(25-29-23(26)28)20-12-7-15-30-20)24-14-13-19(17-8-3-1-4-9-17)18-10-5-2-6-11-18/h1-12,15,19H,13-14,16H2,(H,24,27). The summed E-state index contributed by atoms with van der Waals surface area (Å²) in [5.41, 5.74) is 2.40. The van der Waals surface area contributed by atoms with Crippen LogP contribution < -0.4 is 11.1 Å². The lowest BCUT2D eigenvalue weighted by atomic mass is 9.88. The number of carbonyl (C=O) groups excluding carboxylic acids is 1. The van der Waals surface area contributed by atoms with Crippen LogP contribution in [-0.2, 0) is 11.3 Å². The molecule has 2 aromatic heterocycles. The zero-order valence-corrected chi connectivity index (χ0v) is 17.0.